The summed E-state index contributed by atoms with van der Waals surface area (Å²) in [7, 11) is 3.26. The van der Waals surface area contributed by atoms with E-state index >= 15 is 0 Å². The smallest absolute Gasteiger partial charge is 0.245 e. The van der Waals surface area contributed by atoms with Gasteiger partial charge in [0.15, 0.2) is 0 Å². The summed E-state index contributed by atoms with van der Waals surface area (Å²) < 4.78 is 5.55. The molecular weight excluding hydrogens is 618 g/mol. The SMILES string of the molecule is COc1ccc2c(c1)CNC(=O)C(Cc1c[nH]c3ccccc13)N(C)C(=O)C(CCCCN)NC(=O)C(CCCN)NCc1cccc-2c1. The van der Waals surface area contributed by atoms with Crippen LogP contribution in [0.1, 0.15) is 48.8 Å². The molecule has 11 nitrogen and oxygen atoms in total. The fourth-order valence-corrected chi connectivity index (χ4v) is 6.50. The third-order valence-electron chi connectivity index (χ3n) is 9.34. The van der Waals surface area contributed by atoms with Crippen molar-refractivity contribution in [3.05, 3.63) is 89.6 Å². The van der Waals surface area contributed by atoms with Crippen LogP contribution in [0.3, 0.4) is 0 Å². The Balaban J connectivity index is 1.56. The Morgan fingerprint density at radius 2 is 1.65 bits per heavy atom. The summed E-state index contributed by atoms with van der Waals surface area (Å²) in [6, 6.07) is 19.5. The van der Waals surface area contributed by atoms with Crippen LogP contribution in [0, 0.1) is 0 Å². The molecule has 0 aliphatic carbocycles. The number of nitrogens with zero attached hydrogens (tertiary/aromatic N) is 1. The molecule has 3 aromatic carbocycles. The third-order valence-corrected chi connectivity index (χ3v) is 9.34. The molecule has 260 valence electrons. The van der Waals surface area contributed by atoms with Crippen LogP contribution < -0.4 is 32.2 Å². The molecule has 0 spiro atoms. The number of fused-ring (bicyclic) bond motifs is 5. The van der Waals surface area contributed by atoms with Gasteiger partial charge in [-0.2, -0.15) is 0 Å². The second-order valence-corrected chi connectivity index (χ2v) is 12.7. The van der Waals surface area contributed by atoms with E-state index in [1.807, 2.05) is 66.9 Å². The molecule has 3 amide bonds. The van der Waals surface area contributed by atoms with Gasteiger partial charge in [0, 0.05) is 43.7 Å². The first-order valence-electron chi connectivity index (χ1n) is 17.1. The van der Waals surface area contributed by atoms with Crippen molar-refractivity contribution in [1.29, 1.82) is 0 Å². The highest BCUT2D eigenvalue weighted by Crippen LogP contribution is 2.29. The van der Waals surface area contributed by atoms with Crippen LogP contribution in [-0.2, 0) is 33.9 Å². The van der Waals surface area contributed by atoms with Crippen LogP contribution in [0.4, 0.5) is 0 Å². The van der Waals surface area contributed by atoms with E-state index in [1.165, 1.54) is 4.90 Å². The molecule has 1 aromatic heterocycles. The van der Waals surface area contributed by atoms with Gasteiger partial charge in [-0.1, -0.05) is 42.5 Å². The van der Waals surface area contributed by atoms with Crippen molar-refractivity contribution in [2.45, 2.75) is 69.7 Å². The van der Waals surface area contributed by atoms with E-state index in [-0.39, 0.29) is 30.7 Å². The Bertz CT molecular complexity index is 1740. The summed E-state index contributed by atoms with van der Waals surface area (Å²) in [5.74, 6) is -0.237. The summed E-state index contributed by atoms with van der Waals surface area (Å²) in [6.07, 6.45) is 5.06. The number of aromatic amines is 1. The minimum atomic E-state index is -0.861. The van der Waals surface area contributed by atoms with Crippen molar-refractivity contribution in [2.75, 3.05) is 27.2 Å². The quantitative estimate of drug-likeness (QED) is 0.141. The first-order chi connectivity index (χ1) is 23.8. The maximum atomic E-state index is 14.3. The lowest BCUT2D eigenvalue weighted by molar-refractivity contribution is -0.142. The summed E-state index contributed by atoms with van der Waals surface area (Å²) in [4.78, 5) is 47.2. The molecule has 49 heavy (non-hydrogen) atoms. The first-order valence-corrected chi connectivity index (χ1v) is 17.1. The molecule has 1 aliphatic rings. The maximum Gasteiger partial charge on any atom is 0.245 e. The number of H-pyrrole nitrogens is 1. The molecule has 1 aliphatic heterocycles. The second kappa shape index (κ2) is 17.1. The number of likely N-dealkylation sites (N-methyl/N-ethyl adjacent to an activating group) is 1. The Morgan fingerprint density at radius 3 is 2.45 bits per heavy atom. The molecule has 0 saturated heterocycles. The van der Waals surface area contributed by atoms with Gasteiger partial charge in [0.2, 0.25) is 17.7 Å². The molecule has 3 atom stereocenters. The maximum absolute atomic E-state index is 14.3. The molecule has 8 N–H and O–H groups in total. The summed E-state index contributed by atoms with van der Waals surface area (Å²) >= 11 is 0. The Labute approximate surface area is 288 Å². The fourth-order valence-electron chi connectivity index (χ4n) is 6.50. The molecule has 0 radical (unpaired) electrons. The fraction of sp³-hybridized carbons (Fsp3) is 0.395. The van der Waals surface area contributed by atoms with Crippen LogP contribution in [0.25, 0.3) is 22.0 Å². The van der Waals surface area contributed by atoms with Gasteiger partial charge in [-0.15, -0.1) is 0 Å². The lowest BCUT2D eigenvalue weighted by Gasteiger charge is -2.32. The van der Waals surface area contributed by atoms with Gasteiger partial charge >= 0.3 is 0 Å². The number of hydrogen-bond acceptors (Lipinski definition) is 7. The van der Waals surface area contributed by atoms with Crippen molar-refractivity contribution in [1.82, 2.24) is 25.8 Å². The second-order valence-electron chi connectivity index (χ2n) is 12.7. The van der Waals surface area contributed by atoms with Gasteiger partial charge in [-0.3, -0.25) is 14.4 Å². The van der Waals surface area contributed by atoms with Gasteiger partial charge in [0.1, 0.15) is 17.8 Å². The molecule has 0 saturated carbocycles. The number of hydrogen-bond donors (Lipinski definition) is 6. The van der Waals surface area contributed by atoms with Crippen molar-refractivity contribution < 1.29 is 19.1 Å². The van der Waals surface area contributed by atoms with E-state index in [1.54, 1.807) is 14.2 Å². The van der Waals surface area contributed by atoms with Gasteiger partial charge in [0.05, 0.1) is 13.2 Å². The highest BCUT2D eigenvalue weighted by atomic mass is 16.5. The predicted molar refractivity (Wildman–Crippen MR) is 193 cm³/mol. The predicted octanol–water partition coefficient (Wildman–Crippen LogP) is 3.35. The number of amides is 3. The average molecular weight is 668 g/mol. The van der Waals surface area contributed by atoms with Crippen LogP contribution in [0.2, 0.25) is 0 Å². The number of carbonyl (C=O) groups is 3. The molecule has 3 unspecified atom stereocenters. The number of aromatic nitrogens is 1. The number of methoxy groups -OCH3 is 1. The van der Waals surface area contributed by atoms with E-state index in [0.717, 1.165) is 38.7 Å². The molecule has 4 aromatic rings. The zero-order chi connectivity index (χ0) is 34.8. The van der Waals surface area contributed by atoms with Gasteiger partial charge in [0.25, 0.3) is 0 Å². The molecule has 2 bridgehead atoms. The molecule has 0 fully saturated rings. The topological polar surface area (TPSA) is 168 Å². The van der Waals surface area contributed by atoms with Gasteiger partial charge in [-0.05, 0) is 97.3 Å². The average Bonchev–Trinajstić information content (AvgIpc) is 3.54. The minimum Gasteiger partial charge on any atom is -0.497 e. The number of carbonyl (C=O) groups excluding carboxylic acids is 3. The molecular formula is C38H49N7O4. The van der Waals surface area contributed by atoms with Crippen LogP contribution in [0.15, 0.2) is 72.9 Å². The van der Waals surface area contributed by atoms with Crippen molar-refractivity contribution >= 4 is 28.6 Å². The molecule has 5 rings (SSSR count). The van der Waals surface area contributed by atoms with Gasteiger partial charge in [-0.25, -0.2) is 0 Å². The Kier molecular flexibility index (Phi) is 12.4. The van der Waals surface area contributed by atoms with E-state index in [4.69, 9.17) is 16.2 Å². The van der Waals surface area contributed by atoms with E-state index in [0.29, 0.717) is 57.5 Å². The van der Waals surface area contributed by atoms with Gasteiger partial charge < -0.3 is 42.0 Å². The van der Waals surface area contributed by atoms with Crippen LogP contribution in [-0.4, -0.2) is 73.0 Å². The highest BCUT2D eigenvalue weighted by molar-refractivity contribution is 5.94. The van der Waals surface area contributed by atoms with Crippen molar-refractivity contribution in [3.63, 3.8) is 0 Å². The van der Waals surface area contributed by atoms with Crippen LogP contribution >= 0.6 is 0 Å². The van der Waals surface area contributed by atoms with E-state index in [2.05, 4.69) is 27.0 Å². The number of unbranched alkanes of at least 4 members (excludes halogenated alkanes) is 1. The third kappa shape index (κ3) is 8.86. The normalized spacial score (nSPS) is 19.2. The van der Waals surface area contributed by atoms with Crippen molar-refractivity contribution in [3.8, 4) is 16.9 Å². The molecule has 11 heteroatoms. The van der Waals surface area contributed by atoms with Crippen LogP contribution in [0.5, 0.6) is 5.75 Å². The zero-order valence-corrected chi connectivity index (χ0v) is 28.5. The number of nitrogens with two attached hydrogens (primary N) is 2. The first kappa shape index (κ1) is 35.6. The highest BCUT2D eigenvalue weighted by Gasteiger charge is 2.34. The standard InChI is InChI=1S/C38H49N7O4/c1-45-35(21-28-23-42-32-12-4-3-11-31(28)32)37(47)43-24-27-20-29(49-2)15-16-30(27)26-10-7-9-25(19-26)22-41-33(14-8-18-40)36(46)44-34(38(45)48)13-5-6-17-39/h3-4,7,9-12,15-16,19-20,23,33-35,41-42H,5-6,8,13-14,17-18,21-22,24,39-40H2,1-2H3,(H,43,47)(H,44,46). The summed E-state index contributed by atoms with van der Waals surface area (Å²) in [6.45, 7) is 1.57. The number of para-hydroxylation sites is 1. The summed E-state index contributed by atoms with van der Waals surface area (Å²) in [5, 5.41) is 10.6. The zero-order valence-electron chi connectivity index (χ0n) is 28.5. The number of benzene rings is 3. The number of nitrogens with one attached hydrogen (secondary N) is 4. The lowest BCUT2D eigenvalue weighted by Crippen LogP contribution is -2.57. The largest absolute Gasteiger partial charge is 0.497 e. The number of ether oxygens (including phenoxy) is 1. The van der Waals surface area contributed by atoms with E-state index < -0.39 is 18.1 Å². The lowest BCUT2D eigenvalue weighted by atomic mass is 9.97. The minimum absolute atomic E-state index is 0.220. The summed E-state index contributed by atoms with van der Waals surface area (Å²) in [5.41, 5.74) is 17.3. The molecule has 2 heterocycles. The monoisotopic (exact) mass is 667 g/mol. The Morgan fingerprint density at radius 1 is 0.857 bits per heavy atom. The van der Waals surface area contributed by atoms with Crippen molar-refractivity contribution in [2.24, 2.45) is 11.5 Å². The van der Waals surface area contributed by atoms with E-state index in [9.17, 15) is 14.4 Å². The Hall–Kier alpha value is -4.71. The number of rotatable bonds is 10.